The first-order valence-corrected chi connectivity index (χ1v) is 8.47. The van der Waals surface area contributed by atoms with Gasteiger partial charge in [-0.1, -0.05) is 6.92 Å². The highest BCUT2D eigenvalue weighted by Crippen LogP contribution is 2.22. The van der Waals surface area contributed by atoms with Crippen LogP contribution in [0, 0.1) is 6.92 Å². The van der Waals surface area contributed by atoms with E-state index < -0.39 is 5.60 Å². The molecule has 1 aromatic heterocycles. The monoisotopic (exact) mass is 466 g/mol. The zero-order chi connectivity index (χ0) is 18.0. The maximum Gasteiger partial charge on any atom is 0.221 e. The molecule has 0 saturated heterocycles. The number of halogens is 1. The Bertz CT molecular complexity index is 544. The first kappa shape index (κ1) is 23.7. The minimum atomic E-state index is -1.19. The molecule has 0 bridgehead atoms. The van der Waals surface area contributed by atoms with E-state index in [9.17, 15) is 9.90 Å². The van der Waals surface area contributed by atoms with Crippen molar-refractivity contribution < 1.29 is 14.3 Å². The summed E-state index contributed by atoms with van der Waals surface area (Å²) >= 11 is 0. The first-order chi connectivity index (χ1) is 11.4. The molecule has 0 aliphatic heterocycles. The Morgan fingerprint density at radius 1 is 1.24 bits per heavy atom. The average Bonchev–Trinajstić information content (AvgIpc) is 2.98. The summed E-state index contributed by atoms with van der Waals surface area (Å²) in [5.41, 5.74) is -1.19. The lowest BCUT2D eigenvalue weighted by Crippen LogP contribution is -2.40. The maximum atomic E-state index is 11.6. The van der Waals surface area contributed by atoms with Gasteiger partial charge in [0.1, 0.15) is 17.1 Å². The molecule has 0 spiro atoms. The zero-order valence-corrected chi connectivity index (χ0v) is 17.8. The number of nitrogens with zero attached hydrogens (tertiary/aromatic N) is 1. The van der Waals surface area contributed by atoms with Crippen molar-refractivity contribution >= 4 is 35.8 Å². The maximum absolute atomic E-state index is 11.6. The van der Waals surface area contributed by atoms with Gasteiger partial charge in [0.25, 0.3) is 0 Å². The fraction of sp³-hybridized carbons (Fsp3) is 0.647. The van der Waals surface area contributed by atoms with Crippen LogP contribution in [-0.2, 0) is 10.4 Å². The molecule has 1 heterocycles. The number of amides is 1. The SMILES string of the molecule is CCCNC(=O)CCNC(=NCC(C)(O)c1ccc(C)o1)NCC.I. The molecule has 0 aliphatic rings. The second-order valence-electron chi connectivity index (χ2n) is 5.91. The fourth-order valence-corrected chi connectivity index (χ4v) is 2.02. The summed E-state index contributed by atoms with van der Waals surface area (Å²) in [6.45, 7) is 9.48. The average molecular weight is 466 g/mol. The zero-order valence-electron chi connectivity index (χ0n) is 15.5. The molecule has 7 nitrogen and oxygen atoms in total. The highest BCUT2D eigenvalue weighted by molar-refractivity contribution is 14.0. The number of aryl methyl sites for hydroxylation is 1. The lowest BCUT2D eigenvalue weighted by Gasteiger charge is -2.19. The summed E-state index contributed by atoms with van der Waals surface area (Å²) in [5.74, 6) is 1.80. The number of hydrogen-bond acceptors (Lipinski definition) is 4. The third-order valence-electron chi connectivity index (χ3n) is 3.38. The highest BCUT2D eigenvalue weighted by atomic mass is 127. The van der Waals surface area contributed by atoms with E-state index >= 15 is 0 Å². The van der Waals surface area contributed by atoms with Gasteiger partial charge in [0.05, 0.1) is 6.54 Å². The lowest BCUT2D eigenvalue weighted by atomic mass is 10.0. The molecule has 1 aromatic rings. The van der Waals surface area contributed by atoms with Crippen molar-refractivity contribution in [2.24, 2.45) is 4.99 Å². The fourth-order valence-electron chi connectivity index (χ4n) is 2.02. The van der Waals surface area contributed by atoms with E-state index in [1.807, 2.05) is 26.8 Å². The third-order valence-corrected chi connectivity index (χ3v) is 3.38. The minimum absolute atomic E-state index is 0. The summed E-state index contributed by atoms with van der Waals surface area (Å²) < 4.78 is 5.48. The molecule has 1 rings (SSSR count). The summed E-state index contributed by atoms with van der Waals surface area (Å²) in [6.07, 6.45) is 1.29. The van der Waals surface area contributed by atoms with Crippen LogP contribution in [0.5, 0.6) is 0 Å². The van der Waals surface area contributed by atoms with Gasteiger partial charge in [-0.05, 0) is 39.3 Å². The number of aliphatic imine (C=N–C) groups is 1. The van der Waals surface area contributed by atoms with E-state index in [1.54, 1.807) is 13.0 Å². The van der Waals surface area contributed by atoms with Crippen molar-refractivity contribution in [2.75, 3.05) is 26.2 Å². The molecular formula is C17H31IN4O3. The van der Waals surface area contributed by atoms with Crippen LogP contribution in [-0.4, -0.2) is 43.2 Å². The van der Waals surface area contributed by atoms with Crippen LogP contribution in [0.15, 0.2) is 21.5 Å². The topological polar surface area (TPSA) is 98.9 Å². The Morgan fingerprint density at radius 3 is 2.52 bits per heavy atom. The van der Waals surface area contributed by atoms with Gasteiger partial charge in [-0.25, -0.2) is 4.99 Å². The van der Waals surface area contributed by atoms with Crippen molar-refractivity contribution in [1.82, 2.24) is 16.0 Å². The third kappa shape index (κ3) is 9.10. The molecule has 4 N–H and O–H groups in total. The van der Waals surface area contributed by atoms with Gasteiger partial charge in [0, 0.05) is 26.1 Å². The van der Waals surface area contributed by atoms with Crippen molar-refractivity contribution in [3.05, 3.63) is 23.7 Å². The number of hydrogen-bond donors (Lipinski definition) is 4. The Morgan fingerprint density at radius 2 is 1.96 bits per heavy atom. The van der Waals surface area contributed by atoms with Crippen molar-refractivity contribution in [2.45, 2.75) is 46.1 Å². The molecule has 0 aromatic carbocycles. The molecule has 8 heteroatoms. The molecule has 1 unspecified atom stereocenters. The van der Waals surface area contributed by atoms with E-state index in [-0.39, 0.29) is 36.4 Å². The van der Waals surface area contributed by atoms with Crippen LogP contribution in [0.1, 0.15) is 45.1 Å². The second kappa shape index (κ2) is 12.1. The van der Waals surface area contributed by atoms with Crippen LogP contribution in [0.4, 0.5) is 0 Å². The molecule has 1 atom stereocenters. The van der Waals surface area contributed by atoms with Gasteiger partial charge in [0.2, 0.25) is 5.91 Å². The van der Waals surface area contributed by atoms with Crippen molar-refractivity contribution in [1.29, 1.82) is 0 Å². The van der Waals surface area contributed by atoms with Gasteiger partial charge in [-0.2, -0.15) is 0 Å². The minimum Gasteiger partial charge on any atom is -0.463 e. The Kier molecular flexibility index (Phi) is 11.5. The van der Waals surface area contributed by atoms with E-state index in [0.29, 0.717) is 37.8 Å². The number of carbonyl (C=O) groups is 1. The van der Waals surface area contributed by atoms with E-state index in [1.165, 1.54) is 0 Å². The Balaban J connectivity index is 0.00000576. The second-order valence-corrected chi connectivity index (χ2v) is 5.91. The van der Waals surface area contributed by atoms with E-state index in [0.717, 1.165) is 12.2 Å². The first-order valence-electron chi connectivity index (χ1n) is 8.47. The highest BCUT2D eigenvalue weighted by Gasteiger charge is 2.26. The smallest absolute Gasteiger partial charge is 0.221 e. The molecule has 25 heavy (non-hydrogen) atoms. The van der Waals surface area contributed by atoms with Crippen LogP contribution in [0.3, 0.4) is 0 Å². The van der Waals surface area contributed by atoms with Gasteiger partial charge in [0.15, 0.2) is 5.96 Å². The molecule has 1 amide bonds. The number of nitrogens with one attached hydrogen (secondary N) is 3. The Labute approximate surface area is 167 Å². The molecule has 0 aliphatic carbocycles. The van der Waals surface area contributed by atoms with E-state index in [2.05, 4.69) is 20.9 Å². The van der Waals surface area contributed by atoms with Crippen molar-refractivity contribution in [3.8, 4) is 0 Å². The Hall–Kier alpha value is -1.29. The van der Waals surface area contributed by atoms with Crippen LogP contribution < -0.4 is 16.0 Å². The van der Waals surface area contributed by atoms with Crippen LogP contribution in [0.25, 0.3) is 0 Å². The summed E-state index contributed by atoms with van der Waals surface area (Å²) in [7, 11) is 0. The molecular weight excluding hydrogens is 435 g/mol. The van der Waals surface area contributed by atoms with Crippen LogP contribution >= 0.6 is 24.0 Å². The molecule has 0 fully saturated rings. The largest absolute Gasteiger partial charge is 0.463 e. The van der Waals surface area contributed by atoms with Gasteiger partial charge in [-0.15, -0.1) is 24.0 Å². The predicted molar refractivity (Wildman–Crippen MR) is 110 cm³/mol. The number of aliphatic hydroxyl groups is 1. The standard InChI is InChI=1S/C17H30N4O3.HI/c1-5-10-19-15(22)9-11-20-16(18-6-2)21-12-17(4,23)14-8-7-13(3)24-14;/h7-8,23H,5-6,9-12H2,1-4H3,(H,19,22)(H2,18,20,21);1H. The lowest BCUT2D eigenvalue weighted by molar-refractivity contribution is -0.120. The number of carbonyl (C=O) groups excluding carboxylic acids is 1. The molecule has 0 saturated carbocycles. The summed E-state index contributed by atoms with van der Waals surface area (Å²) in [4.78, 5) is 16.0. The normalized spacial score (nSPS) is 13.6. The predicted octanol–water partition coefficient (Wildman–Crippen LogP) is 1.88. The van der Waals surface area contributed by atoms with Gasteiger partial charge < -0.3 is 25.5 Å². The molecule has 144 valence electrons. The van der Waals surface area contributed by atoms with Gasteiger partial charge >= 0.3 is 0 Å². The van der Waals surface area contributed by atoms with Crippen molar-refractivity contribution in [3.63, 3.8) is 0 Å². The quantitative estimate of drug-likeness (QED) is 0.253. The summed E-state index contributed by atoms with van der Waals surface area (Å²) in [5, 5.41) is 19.5. The van der Waals surface area contributed by atoms with E-state index in [4.69, 9.17) is 4.42 Å². The number of guanidine groups is 1. The number of rotatable bonds is 9. The van der Waals surface area contributed by atoms with Gasteiger partial charge in [-0.3, -0.25) is 4.79 Å². The number of furan rings is 1. The summed E-state index contributed by atoms with van der Waals surface area (Å²) in [6, 6.07) is 3.56. The molecule has 0 radical (unpaired) electrons. The van der Waals surface area contributed by atoms with Crippen LogP contribution in [0.2, 0.25) is 0 Å².